The number of phosphoric acid groups is 2. The first-order chi connectivity index (χ1) is 9.24. The molecule has 0 radical (unpaired) electrons. The Bertz CT molecular complexity index is 438. The molecule has 0 aliphatic carbocycles. The molecule has 0 aliphatic heterocycles. The van der Waals surface area contributed by atoms with Crippen molar-refractivity contribution in [2.24, 2.45) is 0 Å². The minimum Gasteiger partial charge on any atom is -0.479 e. The average molecular weight is 356 g/mol. The van der Waals surface area contributed by atoms with Gasteiger partial charge in [0.2, 0.25) is 0 Å². The van der Waals surface area contributed by atoms with Gasteiger partial charge in [-0.25, -0.2) is 13.9 Å². The maximum atomic E-state index is 10.7. The molecule has 0 unspecified atom stereocenters. The fourth-order valence-corrected chi connectivity index (χ4v) is 1.94. The van der Waals surface area contributed by atoms with Gasteiger partial charge in [-0.05, 0) is 0 Å². The topological polar surface area (TPSA) is 232 Å². The molecule has 0 saturated heterocycles. The van der Waals surface area contributed by atoms with E-state index in [0.29, 0.717) is 0 Å². The van der Waals surface area contributed by atoms with Crippen LogP contribution in [0.2, 0.25) is 0 Å². The van der Waals surface area contributed by atoms with Crippen LogP contribution in [0.25, 0.3) is 0 Å². The second-order valence-corrected chi connectivity index (χ2v) is 6.12. The van der Waals surface area contributed by atoms with Gasteiger partial charge in [0.25, 0.3) is 0 Å². The summed E-state index contributed by atoms with van der Waals surface area (Å²) in [6.07, 6.45) is -9.69. The minimum absolute atomic E-state index is 1.19. The second-order valence-electron chi connectivity index (χ2n) is 3.69. The predicted molar refractivity (Wildman–Crippen MR) is 60.6 cm³/mol. The molecular formula is C6H14O13P2. The standard InChI is InChI=1S/C6H14O13P2/c7-2(1-18-20(12,13)14)3(8)4(9)5(6(10)11)19-21(15,16)17/h2-5,7-9H,1H2,(H,10,11)(H2,12,13,14)(H2,15,16,17)/t2-,3-,4+,5-/m1/s1. The minimum atomic E-state index is -5.33. The van der Waals surface area contributed by atoms with E-state index >= 15 is 0 Å². The molecule has 0 aromatic carbocycles. The Kier molecular flexibility index (Phi) is 7.56. The zero-order valence-electron chi connectivity index (χ0n) is 10.0. The smallest absolute Gasteiger partial charge is 0.470 e. The number of carbonyl (C=O) groups is 1. The summed E-state index contributed by atoms with van der Waals surface area (Å²) in [6, 6.07) is 0. The lowest BCUT2D eigenvalue weighted by molar-refractivity contribution is -0.162. The Hall–Kier alpha value is -0.430. The van der Waals surface area contributed by atoms with Gasteiger partial charge in [0.15, 0.2) is 6.10 Å². The maximum absolute atomic E-state index is 10.7. The maximum Gasteiger partial charge on any atom is 0.470 e. The highest BCUT2D eigenvalue weighted by atomic mass is 31.2. The van der Waals surface area contributed by atoms with Crippen molar-refractivity contribution in [2.75, 3.05) is 6.61 Å². The van der Waals surface area contributed by atoms with E-state index in [1.54, 1.807) is 0 Å². The molecule has 21 heavy (non-hydrogen) atoms. The summed E-state index contributed by atoms with van der Waals surface area (Å²) in [4.78, 5) is 44.3. The molecule has 0 fully saturated rings. The van der Waals surface area contributed by atoms with Crippen molar-refractivity contribution in [3.63, 3.8) is 0 Å². The molecule has 0 aliphatic rings. The van der Waals surface area contributed by atoms with Crippen LogP contribution in [0.1, 0.15) is 0 Å². The molecule has 8 N–H and O–H groups in total. The van der Waals surface area contributed by atoms with E-state index in [2.05, 4.69) is 9.05 Å². The number of aliphatic carboxylic acids is 1. The normalized spacial score (nSPS) is 18.8. The first-order valence-corrected chi connectivity index (χ1v) is 8.01. The number of carboxylic acids is 1. The predicted octanol–water partition coefficient (Wildman–Crippen LogP) is -3.26. The van der Waals surface area contributed by atoms with Gasteiger partial charge >= 0.3 is 21.6 Å². The Morgan fingerprint density at radius 1 is 0.952 bits per heavy atom. The van der Waals surface area contributed by atoms with Crippen LogP contribution in [0.15, 0.2) is 0 Å². The lowest BCUT2D eigenvalue weighted by atomic mass is 10.0. The molecule has 0 amide bonds. The highest BCUT2D eigenvalue weighted by Crippen LogP contribution is 2.39. The van der Waals surface area contributed by atoms with Gasteiger partial charge in [0.1, 0.15) is 18.3 Å². The van der Waals surface area contributed by atoms with Crippen LogP contribution in [0.5, 0.6) is 0 Å². The second kappa shape index (κ2) is 7.72. The molecular weight excluding hydrogens is 342 g/mol. The van der Waals surface area contributed by atoms with Gasteiger partial charge < -0.3 is 40.0 Å². The number of hydrogen-bond donors (Lipinski definition) is 8. The summed E-state index contributed by atoms with van der Waals surface area (Å²) in [5.41, 5.74) is 0. The van der Waals surface area contributed by atoms with Crippen LogP contribution >= 0.6 is 15.6 Å². The number of aliphatic hydroxyl groups excluding tert-OH is 3. The van der Waals surface area contributed by atoms with E-state index < -0.39 is 52.6 Å². The Balaban J connectivity index is 4.84. The SMILES string of the molecule is O=C(O)[C@H](OP(=O)(O)O)[C@@H](O)[C@H](O)[C@H](O)COP(=O)(O)O. The van der Waals surface area contributed by atoms with Crippen LogP contribution < -0.4 is 0 Å². The lowest BCUT2D eigenvalue weighted by Gasteiger charge is -2.27. The fraction of sp³-hybridized carbons (Fsp3) is 0.833. The highest BCUT2D eigenvalue weighted by molar-refractivity contribution is 7.46. The molecule has 0 saturated carbocycles. The molecule has 13 nitrogen and oxygen atoms in total. The summed E-state index contributed by atoms with van der Waals surface area (Å²) in [6.45, 7) is -1.19. The molecule has 4 atom stereocenters. The molecule has 0 rings (SSSR count). The summed E-state index contributed by atoms with van der Waals surface area (Å²) >= 11 is 0. The van der Waals surface area contributed by atoms with Crippen molar-refractivity contribution in [2.45, 2.75) is 24.4 Å². The number of aliphatic hydroxyl groups is 3. The fourth-order valence-electron chi connectivity index (χ4n) is 1.08. The molecule has 0 aromatic rings. The van der Waals surface area contributed by atoms with E-state index in [-0.39, 0.29) is 0 Å². The van der Waals surface area contributed by atoms with Crippen molar-refractivity contribution >= 4 is 21.6 Å². The van der Waals surface area contributed by atoms with E-state index in [1.807, 2.05) is 0 Å². The summed E-state index contributed by atoms with van der Waals surface area (Å²) in [7, 11) is -10.3. The van der Waals surface area contributed by atoms with Crippen molar-refractivity contribution in [1.82, 2.24) is 0 Å². The van der Waals surface area contributed by atoms with Gasteiger partial charge in [0, 0.05) is 0 Å². The summed E-state index contributed by atoms with van der Waals surface area (Å²) in [5.74, 6) is -2.06. The van der Waals surface area contributed by atoms with E-state index in [4.69, 9.17) is 24.7 Å². The lowest BCUT2D eigenvalue weighted by Crippen LogP contribution is -2.49. The van der Waals surface area contributed by atoms with E-state index in [1.165, 1.54) is 0 Å². The zero-order valence-corrected chi connectivity index (χ0v) is 11.8. The average Bonchev–Trinajstić information content (AvgIpc) is 2.28. The highest BCUT2D eigenvalue weighted by Gasteiger charge is 2.40. The van der Waals surface area contributed by atoms with Gasteiger partial charge in [-0.1, -0.05) is 0 Å². The van der Waals surface area contributed by atoms with Gasteiger partial charge in [-0.2, -0.15) is 0 Å². The number of rotatable bonds is 9. The first kappa shape index (κ1) is 20.6. The molecule has 15 heteroatoms. The first-order valence-electron chi connectivity index (χ1n) is 4.95. The molecule has 0 spiro atoms. The summed E-state index contributed by atoms with van der Waals surface area (Å²) in [5, 5.41) is 36.7. The molecule has 0 aromatic heterocycles. The number of phosphoric ester groups is 2. The zero-order chi connectivity index (χ0) is 17.0. The van der Waals surface area contributed by atoms with Gasteiger partial charge in [0.05, 0.1) is 6.61 Å². The Morgan fingerprint density at radius 3 is 1.76 bits per heavy atom. The van der Waals surface area contributed by atoms with Crippen LogP contribution in [0.3, 0.4) is 0 Å². The van der Waals surface area contributed by atoms with Crippen LogP contribution in [-0.4, -0.2) is 77.0 Å². The molecule has 0 heterocycles. The third-order valence-electron chi connectivity index (χ3n) is 1.96. The Morgan fingerprint density at radius 2 is 1.43 bits per heavy atom. The van der Waals surface area contributed by atoms with E-state index in [9.17, 15) is 29.2 Å². The third-order valence-corrected chi connectivity index (χ3v) is 2.95. The molecule has 0 bridgehead atoms. The van der Waals surface area contributed by atoms with Crippen molar-refractivity contribution in [3.05, 3.63) is 0 Å². The van der Waals surface area contributed by atoms with Crippen molar-refractivity contribution in [1.29, 1.82) is 0 Å². The number of hydrogen-bond acceptors (Lipinski definition) is 8. The van der Waals surface area contributed by atoms with Crippen molar-refractivity contribution in [3.8, 4) is 0 Å². The number of carboxylic acid groups (broad SMARTS) is 1. The molecule has 126 valence electrons. The largest absolute Gasteiger partial charge is 0.479 e. The van der Waals surface area contributed by atoms with Crippen LogP contribution in [0.4, 0.5) is 0 Å². The Labute approximate surface area is 116 Å². The van der Waals surface area contributed by atoms with Crippen LogP contribution in [0, 0.1) is 0 Å². The van der Waals surface area contributed by atoms with Crippen molar-refractivity contribution < 1.29 is 63.0 Å². The van der Waals surface area contributed by atoms with E-state index in [0.717, 1.165) is 0 Å². The third kappa shape index (κ3) is 8.56. The van der Waals surface area contributed by atoms with Gasteiger partial charge in [-0.3, -0.25) is 9.05 Å². The summed E-state index contributed by atoms with van der Waals surface area (Å²) < 4.78 is 28.4. The van der Waals surface area contributed by atoms with Gasteiger partial charge in [-0.15, -0.1) is 0 Å². The quantitative estimate of drug-likeness (QED) is 0.190. The monoisotopic (exact) mass is 356 g/mol. The van der Waals surface area contributed by atoms with Crippen LogP contribution in [-0.2, 0) is 23.0 Å².